The SMILES string of the molecule is Cc1cnnc(-n2c(=O)c(Cc3cc(F)c(F)c(F)c3)c(N3C[C@H]4C[C@@H](C3)O4)n(CC#N)c2=O)c1. The number of aromatic nitrogens is 4. The molecule has 2 atom stereocenters. The maximum Gasteiger partial charge on any atom is 0.339 e. The van der Waals surface area contributed by atoms with E-state index in [-0.39, 0.29) is 47.9 Å². The average Bonchev–Trinajstić information content (AvgIpc) is 2.80. The Kier molecular flexibility index (Phi) is 5.64. The number of morpholine rings is 1. The summed E-state index contributed by atoms with van der Waals surface area (Å²) < 4.78 is 49.1. The quantitative estimate of drug-likeness (QED) is 0.507. The lowest BCUT2D eigenvalue weighted by molar-refractivity contribution is -0.133. The molecule has 6 rings (SSSR count). The summed E-state index contributed by atoms with van der Waals surface area (Å²) in [5.74, 6) is -4.31. The molecule has 0 N–H and O–H groups in total. The zero-order valence-electron chi connectivity index (χ0n) is 18.5. The Morgan fingerprint density at radius 2 is 1.80 bits per heavy atom. The number of ether oxygens (including phenoxy) is 1. The Bertz CT molecular complexity index is 1460. The van der Waals surface area contributed by atoms with Crippen LogP contribution in [0.5, 0.6) is 0 Å². The summed E-state index contributed by atoms with van der Waals surface area (Å²) in [6.07, 6.45) is 1.76. The van der Waals surface area contributed by atoms with E-state index in [2.05, 4.69) is 10.2 Å². The van der Waals surface area contributed by atoms with Crippen LogP contribution in [0.4, 0.5) is 19.0 Å². The fourth-order valence-corrected chi connectivity index (χ4v) is 4.62. The molecule has 3 aliphatic rings. The van der Waals surface area contributed by atoms with Gasteiger partial charge in [0.1, 0.15) is 12.4 Å². The molecule has 35 heavy (non-hydrogen) atoms. The first-order chi connectivity index (χ1) is 16.8. The van der Waals surface area contributed by atoms with Crippen LogP contribution in [0, 0.1) is 35.7 Å². The third-order valence-electron chi connectivity index (χ3n) is 6.13. The molecule has 0 amide bonds. The molecule has 3 fully saturated rings. The first kappa shape index (κ1) is 22.8. The van der Waals surface area contributed by atoms with Crippen LogP contribution in [-0.2, 0) is 17.7 Å². The van der Waals surface area contributed by atoms with E-state index in [0.29, 0.717) is 18.7 Å². The summed E-state index contributed by atoms with van der Waals surface area (Å²) in [6, 6.07) is 5.02. The normalized spacial score (nSPS) is 18.8. The van der Waals surface area contributed by atoms with Gasteiger partial charge in [0.15, 0.2) is 23.3 Å². The second kappa shape index (κ2) is 8.66. The standard InChI is InChI=1S/C23H19F3N6O3/c1-12-4-19(29-28-9-12)32-22(33)16(5-13-6-17(24)20(26)18(25)7-13)21(31(3-2-27)23(32)34)30-10-14-8-15(11-30)35-14/h4,6-7,9,14-15H,3,5,8,10-11H2,1H3/t14-,15+. The first-order valence-corrected chi connectivity index (χ1v) is 10.9. The molecule has 0 saturated carbocycles. The van der Waals surface area contributed by atoms with E-state index in [1.807, 2.05) is 6.07 Å². The van der Waals surface area contributed by atoms with Gasteiger partial charge < -0.3 is 9.64 Å². The van der Waals surface area contributed by atoms with Gasteiger partial charge in [0.05, 0.1) is 30.0 Å². The molecule has 12 heteroatoms. The molecule has 0 radical (unpaired) electrons. The Morgan fingerprint density at radius 3 is 2.40 bits per heavy atom. The van der Waals surface area contributed by atoms with Crippen LogP contribution >= 0.6 is 0 Å². The van der Waals surface area contributed by atoms with Gasteiger partial charge in [0, 0.05) is 25.9 Å². The van der Waals surface area contributed by atoms with Gasteiger partial charge in [-0.1, -0.05) is 0 Å². The van der Waals surface area contributed by atoms with Crippen LogP contribution in [-0.4, -0.2) is 44.6 Å². The smallest absolute Gasteiger partial charge is 0.339 e. The van der Waals surface area contributed by atoms with Gasteiger partial charge in [-0.15, -0.1) is 5.10 Å². The highest BCUT2D eigenvalue weighted by Gasteiger charge is 2.40. The van der Waals surface area contributed by atoms with Gasteiger partial charge in [-0.05, 0) is 36.2 Å². The first-order valence-electron chi connectivity index (χ1n) is 10.9. The number of nitriles is 1. The number of rotatable bonds is 5. The highest BCUT2D eigenvalue weighted by Crippen LogP contribution is 2.32. The second-order valence-electron chi connectivity index (χ2n) is 8.63. The molecule has 5 heterocycles. The highest BCUT2D eigenvalue weighted by molar-refractivity contribution is 5.52. The summed E-state index contributed by atoms with van der Waals surface area (Å²) in [7, 11) is 0. The zero-order valence-corrected chi connectivity index (χ0v) is 18.5. The topological polar surface area (TPSA) is 106 Å². The van der Waals surface area contributed by atoms with Crippen LogP contribution in [0.25, 0.3) is 5.82 Å². The molecule has 2 aromatic heterocycles. The van der Waals surface area contributed by atoms with Crippen molar-refractivity contribution in [2.24, 2.45) is 0 Å². The number of hydrogen-bond donors (Lipinski definition) is 0. The van der Waals surface area contributed by atoms with E-state index in [4.69, 9.17) is 4.74 Å². The monoisotopic (exact) mass is 484 g/mol. The molecular weight excluding hydrogens is 465 g/mol. The molecule has 0 aliphatic carbocycles. The van der Waals surface area contributed by atoms with Crippen LogP contribution < -0.4 is 16.1 Å². The van der Waals surface area contributed by atoms with E-state index in [0.717, 1.165) is 27.7 Å². The molecule has 0 spiro atoms. The summed E-state index contributed by atoms with van der Waals surface area (Å²) >= 11 is 0. The lowest BCUT2D eigenvalue weighted by Crippen LogP contribution is -2.59. The van der Waals surface area contributed by atoms with Gasteiger partial charge in [-0.25, -0.2) is 22.5 Å². The second-order valence-corrected chi connectivity index (χ2v) is 8.63. The number of hydrogen-bond acceptors (Lipinski definition) is 7. The van der Waals surface area contributed by atoms with Crippen molar-refractivity contribution in [3.05, 3.63) is 79.4 Å². The summed E-state index contributed by atoms with van der Waals surface area (Å²) in [5.41, 5.74) is -0.942. The Morgan fingerprint density at radius 1 is 1.14 bits per heavy atom. The highest BCUT2D eigenvalue weighted by atomic mass is 19.2. The molecule has 180 valence electrons. The molecule has 0 unspecified atom stereocenters. The number of benzene rings is 1. The van der Waals surface area contributed by atoms with Crippen molar-refractivity contribution < 1.29 is 17.9 Å². The van der Waals surface area contributed by atoms with Gasteiger partial charge in [0.2, 0.25) is 0 Å². The third-order valence-corrected chi connectivity index (χ3v) is 6.13. The predicted molar refractivity (Wildman–Crippen MR) is 117 cm³/mol. The summed E-state index contributed by atoms with van der Waals surface area (Å²) in [4.78, 5) is 29.0. The van der Waals surface area contributed by atoms with Crippen molar-refractivity contribution in [2.45, 2.75) is 38.5 Å². The number of nitrogens with zero attached hydrogens (tertiary/aromatic N) is 6. The van der Waals surface area contributed by atoms with Gasteiger partial charge in [-0.2, -0.15) is 10.4 Å². The number of aryl methyl sites for hydroxylation is 1. The molecule has 9 nitrogen and oxygen atoms in total. The van der Waals surface area contributed by atoms with Crippen molar-refractivity contribution in [1.82, 2.24) is 19.3 Å². The lowest BCUT2D eigenvalue weighted by Gasteiger charge is -2.48. The predicted octanol–water partition coefficient (Wildman–Crippen LogP) is 1.61. The van der Waals surface area contributed by atoms with Crippen molar-refractivity contribution in [3.63, 3.8) is 0 Å². The van der Waals surface area contributed by atoms with E-state index in [1.165, 1.54) is 12.3 Å². The summed E-state index contributed by atoms with van der Waals surface area (Å²) in [5, 5.41) is 17.2. The lowest BCUT2D eigenvalue weighted by atomic mass is 9.97. The Hall–Kier alpha value is -3.98. The van der Waals surface area contributed by atoms with Crippen molar-refractivity contribution in [1.29, 1.82) is 5.26 Å². The zero-order chi connectivity index (χ0) is 24.9. The van der Waals surface area contributed by atoms with Crippen molar-refractivity contribution >= 4 is 5.82 Å². The fraction of sp³-hybridized carbons (Fsp3) is 0.348. The Balaban J connectivity index is 1.77. The van der Waals surface area contributed by atoms with E-state index in [1.54, 1.807) is 11.8 Å². The minimum atomic E-state index is -1.62. The minimum absolute atomic E-state index is 0.00913. The van der Waals surface area contributed by atoms with Gasteiger partial charge >= 0.3 is 5.69 Å². The van der Waals surface area contributed by atoms with E-state index >= 15 is 0 Å². The molecule has 3 aromatic rings. The Labute approximate surface area is 196 Å². The van der Waals surface area contributed by atoms with Crippen LogP contribution in [0.15, 0.2) is 34.0 Å². The number of fused-ring (bicyclic) bond motifs is 2. The van der Waals surface area contributed by atoms with Crippen molar-refractivity contribution in [3.8, 4) is 11.9 Å². The third kappa shape index (κ3) is 3.97. The van der Waals surface area contributed by atoms with Crippen LogP contribution in [0.3, 0.4) is 0 Å². The van der Waals surface area contributed by atoms with E-state index in [9.17, 15) is 28.0 Å². The molecule has 3 aliphatic heterocycles. The van der Waals surface area contributed by atoms with Crippen LogP contribution in [0.1, 0.15) is 23.1 Å². The summed E-state index contributed by atoms with van der Waals surface area (Å²) in [6.45, 7) is 2.05. The minimum Gasteiger partial charge on any atom is -0.371 e. The molecule has 1 aromatic carbocycles. The number of piperidine rings is 1. The average molecular weight is 484 g/mol. The maximum atomic E-state index is 14.0. The fourth-order valence-electron chi connectivity index (χ4n) is 4.62. The van der Waals surface area contributed by atoms with Gasteiger partial charge in [-0.3, -0.25) is 9.36 Å². The number of anilines is 1. The maximum absolute atomic E-state index is 14.0. The molecule has 3 saturated heterocycles. The van der Waals surface area contributed by atoms with Gasteiger partial charge in [0.25, 0.3) is 5.56 Å². The molecular formula is C23H19F3N6O3. The van der Waals surface area contributed by atoms with Crippen LogP contribution in [0.2, 0.25) is 0 Å². The largest absolute Gasteiger partial charge is 0.371 e. The van der Waals surface area contributed by atoms with Crippen molar-refractivity contribution in [2.75, 3.05) is 18.0 Å². The van der Waals surface area contributed by atoms with E-state index < -0.39 is 28.7 Å². The number of halogens is 3. The molecule has 2 bridgehead atoms.